The third-order valence-corrected chi connectivity index (χ3v) is 6.68. The molecule has 1 fully saturated rings. The Bertz CT molecular complexity index is 1450. The molecule has 0 spiro atoms. The first-order valence-electron chi connectivity index (χ1n) is 11.5. The molecule has 0 bridgehead atoms. The predicted octanol–water partition coefficient (Wildman–Crippen LogP) is 4.65. The van der Waals surface area contributed by atoms with Gasteiger partial charge >= 0.3 is 0 Å². The highest BCUT2D eigenvalue weighted by Gasteiger charge is 2.23. The maximum Gasteiger partial charge on any atom is 0.263 e. The van der Waals surface area contributed by atoms with E-state index in [4.69, 9.17) is 14.0 Å². The van der Waals surface area contributed by atoms with Crippen LogP contribution in [0.1, 0.15) is 19.8 Å². The van der Waals surface area contributed by atoms with Crippen molar-refractivity contribution >= 4 is 16.6 Å². The molecule has 9 heteroatoms. The van der Waals surface area contributed by atoms with Crippen molar-refractivity contribution in [3.8, 4) is 34.3 Å². The van der Waals surface area contributed by atoms with E-state index in [9.17, 15) is 4.79 Å². The summed E-state index contributed by atoms with van der Waals surface area (Å²) >= 11 is 0. The number of para-hydroxylation sites is 1. The zero-order valence-electron chi connectivity index (χ0n) is 20.2. The molecule has 4 aromatic rings. The lowest BCUT2D eigenvalue weighted by Crippen LogP contribution is -2.33. The van der Waals surface area contributed by atoms with E-state index in [1.54, 1.807) is 42.1 Å². The quantitative estimate of drug-likeness (QED) is 0.413. The number of piperidine rings is 1. The van der Waals surface area contributed by atoms with E-state index in [0.29, 0.717) is 34.2 Å². The average molecular weight is 479 g/mol. The van der Waals surface area contributed by atoms with E-state index >= 15 is 4.39 Å². The number of halogens is 1. The van der Waals surface area contributed by atoms with Gasteiger partial charge in [-0.05, 0) is 43.0 Å². The number of nitrogens with zero attached hydrogens (tertiary/aromatic N) is 4. The molecule has 2 aromatic heterocycles. The number of fused-ring (bicyclic) bond motifs is 1. The number of pyridine rings is 1. The molecule has 0 saturated carbocycles. The Morgan fingerprint density at radius 2 is 1.89 bits per heavy atom. The summed E-state index contributed by atoms with van der Waals surface area (Å²) in [5, 5.41) is 4.31. The number of rotatable bonds is 5. The minimum atomic E-state index is -0.409. The van der Waals surface area contributed by atoms with Crippen LogP contribution in [0.3, 0.4) is 0 Å². The normalized spacial score (nSPS) is 14.5. The molecule has 35 heavy (non-hydrogen) atoms. The summed E-state index contributed by atoms with van der Waals surface area (Å²) in [5.74, 6) is 1.50. The number of hydrogen-bond acceptors (Lipinski definition) is 7. The van der Waals surface area contributed by atoms with Crippen molar-refractivity contribution in [3.63, 3.8) is 0 Å². The maximum absolute atomic E-state index is 15.2. The first-order chi connectivity index (χ1) is 16.9. The zero-order valence-corrected chi connectivity index (χ0v) is 20.2. The summed E-state index contributed by atoms with van der Waals surface area (Å²) < 4.78 is 33.2. The summed E-state index contributed by atoms with van der Waals surface area (Å²) in [6.45, 7) is 3.81. The summed E-state index contributed by atoms with van der Waals surface area (Å²) in [6, 6.07) is 8.39. The van der Waals surface area contributed by atoms with Crippen molar-refractivity contribution in [3.05, 3.63) is 52.6 Å². The molecule has 0 atom stereocenters. The second kappa shape index (κ2) is 9.05. The molecule has 5 rings (SSSR count). The highest BCUT2D eigenvalue weighted by Crippen LogP contribution is 2.37. The van der Waals surface area contributed by atoms with Gasteiger partial charge in [-0.25, -0.2) is 4.39 Å². The van der Waals surface area contributed by atoms with Crippen molar-refractivity contribution in [2.45, 2.75) is 19.8 Å². The van der Waals surface area contributed by atoms with Crippen molar-refractivity contribution < 1.29 is 18.4 Å². The van der Waals surface area contributed by atoms with Gasteiger partial charge in [-0.1, -0.05) is 18.1 Å². The molecule has 0 aliphatic carbocycles. The maximum atomic E-state index is 15.2. The molecular weight excluding hydrogens is 451 g/mol. The lowest BCUT2D eigenvalue weighted by atomic mass is 9.98. The van der Waals surface area contributed by atoms with Gasteiger partial charge in [0, 0.05) is 31.7 Å². The Hall–Kier alpha value is -3.88. The van der Waals surface area contributed by atoms with E-state index in [1.165, 1.54) is 13.2 Å². The second-order valence-electron chi connectivity index (χ2n) is 8.94. The van der Waals surface area contributed by atoms with Crippen LogP contribution in [-0.2, 0) is 7.05 Å². The van der Waals surface area contributed by atoms with E-state index in [2.05, 4.69) is 22.0 Å². The van der Waals surface area contributed by atoms with Gasteiger partial charge in [0.1, 0.15) is 11.4 Å². The van der Waals surface area contributed by atoms with E-state index in [1.807, 2.05) is 7.05 Å². The van der Waals surface area contributed by atoms with E-state index in [0.717, 1.165) is 25.9 Å². The first kappa shape index (κ1) is 22.9. The van der Waals surface area contributed by atoms with Crippen molar-refractivity contribution in [1.29, 1.82) is 0 Å². The highest BCUT2D eigenvalue weighted by molar-refractivity contribution is 5.86. The number of ether oxygens (including phenoxy) is 2. The number of aryl methyl sites for hydroxylation is 1. The second-order valence-corrected chi connectivity index (χ2v) is 8.94. The minimum Gasteiger partial charge on any atom is -0.493 e. The Labute approximate surface area is 201 Å². The van der Waals surface area contributed by atoms with E-state index < -0.39 is 5.82 Å². The average Bonchev–Trinajstić information content (AvgIpc) is 3.36. The Balaban J connectivity index is 1.57. The lowest BCUT2D eigenvalue weighted by molar-refractivity contribution is 0.355. The third-order valence-electron chi connectivity index (χ3n) is 6.68. The Kier molecular flexibility index (Phi) is 5.92. The smallest absolute Gasteiger partial charge is 0.263 e. The van der Waals surface area contributed by atoms with Gasteiger partial charge in [0.25, 0.3) is 5.89 Å². The van der Waals surface area contributed by atoms with Crippen LogP contribution in [0.5, 0.6) is 11.5 Å². The molecule has 0 unspecified atom stereocenters. The number of hydrogen-bond donors (Lipinski definition) is 0. The van der Waals surface area contributed by atoms with Gasteiger partial charge in [-0.2, -0.15) is 4.98 Å². The fraction of sp³-hybridized carbons (Fsp3) is 0.346. The van der Waals surface area contributed by atoms with Crippen molar-refractivity contribution in [2.24, 2.45) is 13.0 Å². The first-order valence-corrected chi connectivity index (χ1v) is 11.5. The molecular formula is C26H27FN4O4. The predicted molar refractivity (Wildman–Crippen MR) is 132 cm³/mol. The number of anilines is 1. The summed E-state index contributed by atoms with van der Waals surface area (Å²) in [5.41, 5.74) is 1.55. The standard InChI is InChI=1S/C26H27FN4O4/c1-15-8-10-31(11-9-15)21-13-20-17(12-19(21)27)23(32)18(14-30(20)2)26-28-25(29-35-26)16-6-5-7-22(33-3)24(16)34-4/h5-7,12-15H,8-11H2,1-4H3. The molecule has 182 valence electrons. The molecule has 3 heterocycles. The highest BCUT2D eigenvalue weighted by atomic mass is 19.1. The number of methoxy groups -OCH3 is 2. The fourth-order valence-corrected chi connectivity index (χ4v) is 4.64. The van der Waals surface area contributed by atoms with Gasteiger partial charge in [0.15, 0.2) is 11.5 Å². The van der Waals surface area contributed by atoms with Crippen LogP contribution in [0.15, 0.2) is 45.8 Å². The monoisotopic (exact) mass is 478 g/mol. The van der Waals surface area contributed by atoms with Crippen LogP contribution >= 0.6 is 0 Å². The van der Waals surface area contributed by atoms with Gasteiger partial charge < -0.3 is 23.5 Å². The molecule has 0 amide bonds. The van der Waals surface area contributed by atoms with Crippen molar-refractivity contribution in [2.75, 3.05) is 32.2 Å². The van der Waals surface area contributed by atoms with Crippen LogP contribution in [0.4, 0.5) is 10.1 Å². The third kappa shape index (κ3) is 4.00. The molecule has 0 N–H and O–H groups in total. The Morgan fingerprint density at radius 3 is 2.60 bits per heavy atom. The molecule has 1 saturated heterocycles. The molecule has 2 aromatic carbocycles. The van der Waals surface area contributed by atoms with Crippen LogP contribution in [0.25, 0.3) is 33.7 Å². The van der Waals surface area contributed by atoms with Crippen LogP contribution < -0.4 is 19.8 Å². The lowest BCUT2D eigenvalue weighted by Gasteiger charge is -2.32. The molecule has 1 aliphatic rings. The summed E-state index contributed by atoms with van der Waals surface area (Å²) in [4.78, 5) is 19.9. The van der Waals surface area contributed by atoms with Crippen LogP contribution in [0.2, 0.25) is 0 Å². The molecule has 0 radical (unpaired) electrons. The molecule has 1 aliphatic heterocycles. The SMILES string of the molecule is COc1cccc(-c2noc(-c3cn(C)c4cc(N5CCC(C)CC5)c(F)cc4c3=O)n2)c1OC. The molecule has 8 nitrogen and oxygen atoms in total. The largest absolute Gasteiger partial charge is 0.493 e. The van der Waals surface area contributed by atoms with Gasteiger partial charge in [-0.15, -0.1) is 0 Å². The van der Waals surface area contributed by atoms with E-state index in [-0.39, 0.29) is 28.1 Å². The number of benzene rings is 2. The van der Waals surface area contributed by atoms with Crippen molar-refractivity contribution in [1.82, 2.24) is 14.7 Å². The van der Waals surface area contributed by atoms with Crippen LogP contribution in [0, 0.1) is 11.7 Å². The fourth-order valence-electron chi connectivity index (χ4n) is 4.64. The van der Waals surface area contributed by atoms with Gasteiger partial charge in [0.05, 0.1) is 31.0 Å². The topological polar surface area (TPSA) is 82.6 Å². The summed E-state index contributed by atoms with van der Waals surface area (Å²) in [6.07, 6.45) is 3.69. The summed E-state index contributed by atoms with van der Waals surface area (Å²) in [7, 11) is 4.88. The minimum absolute atomic E-state index is 0.0434. The van der Waals surface area contributed by atoms with Gasteiger partial charge in [-0.3, -0.25) is 4.79 Å². The van der Waals surface area contributed by atoms with Crippen LogP contribution in [-0.4, -0.2) is 42.0 Å². The number of aromatic nitrogens is 3. The Morgan fingerprint density at radius 1 is 1.11 bits per heavy atom. The zero-order chi connectivity index (χ0) is 24.7. The van der Waals surface area contributed by atoms with Gasteiger partial charge in [0.2, 0.25) is 11.3 Å².